The third-order valence-corrected chi connectivity index (χ3v) is 14.0. The number of hydrogen-bond donors (Lipinski definition) is 0. The largest absolute Gasteiger partial charge is 0.455 e. The summed E-state index contributed by atoms with van der Waals surface area (Å²) in [7, 11) is -2.79. The van der Waals surface area contributed by atoms with Crippen molar-refractivity contribution >= 4 is 66.7 Å². The molecule has 0 saturated carbocycles. The summed E-state index contributed by atoms with van der Waals surface area (Å²) in [6, 6.07) is 56.8. The zero-order valence-electron chi connectivity index (χ0n) is 24.4. The fourth-order valence-electron chi connectivity index (χ4n) is 6.82. The van der Waals surface area contributed by atoms with Gasteiger partial charge in [-0.15, -0.1) is 0 Å². The van der Waals surface area contributed by atoms with Crippen molar-refractivity contribution in [2.75, 3.05) is 0 Å². The minimum Gasteiger partial charge on any atom is -0.455 e. The molecule has 0 N–H and O–H groups in total. The van der Waals surface area contributed by atoms with Gasteiger partial charge in [-0.05, 0) is 56.1 Å². The first-order valence-corrected chi connectivity index (χ1v) is 17.9. The second kappa shape index (κ2) is 11.5. The zero-order valence-corrected chi connectivity index (χ0v) is 27.0. The maximum atomic E-state index is 7.13. The molecule has 45 heavy (non-hydrogen) atoms. The Balaban J connectivity index is 1.44. The van der Waals surface area contributed by atoms with Crippen molar-refractivity contribution < 1.29 is 4.42 Å². The predicted octanol–water partition coefficient (Wildman–Crippen LogP) is 8.45. The second-order valence-corrected chi connectivity index (χ2v) is 16.0. The Labute approximate surface area is 271 Å². The first-order valence-electron chi connectivity index (χ1n) is 15.1. The van der Waals surface area contributed by atoms with E-state index in [1.165, 1.54) is 20.7 Å². The van der Waals surface area contributed by atoms with Crippen molar-refractivity contribution in [3.05, 3.63) is 175 Å². The maximum absolute atomic E-state index is 7.13. The van der Waals surface area contributed by atoms with Crippen LogP contribution in [0.1, 0.15) is 0 Å². The molecule has 0 aliphatic rings. The summed E-state index contributed by atoms with van der Waals surface area (Å²) in [4.78, 5) is 4.35. The van der Waals surface area contributed by atoms with Crippen LogP contribution in [0.5, 0.6) is 0 Å². The molecular weight excluding hydrogens is 630 g/mol. The summed E-state index contributed by atoms with van der Waals surface area (Å²) >= 11 is 3.78. The van der Waals surface area contributed by atoms with Gasteiger partial charge in [0.05, 0.1) is 0 Å². The smallest absolute Gasteiger partial charge is 0.184 e. The van der Waals surface area contributed by atoms with Crippen LogP contribution < -0.4 is 20.7 Å². The molecule has 0 fully saturated rings. The number of furan rings is 1. The second-order valence-electron chi connectivity index (χ2n) is 11.3. The first kappa shape index (κ1) is 27.5. The molecule has 0 amide bonds. The molecule has 8 rings (SSSR count). The van der Waals surface area contributed by atoms with Crippen molar-refractivity contribution in [2.24, 2.45) is 0 Å². The maximum Gasteiger partial charge on any atom is 0.184 e. The van der Waals surface area contributed by atoms with Gasteiger partial charge in [0.2, 0.25) is 0 Å². The van der Waals surface area contributed by atoms with Crippen molar-refractivity contribution in [1.82, 2.24) is 4.98 Å². The summed E-state index contributed by atoms with van der Waals surface area (Å²) in [5, 5.41) is 7.46. The summed E-state index contributed by atoms with van der Waals surface area (Å²) in [6.07, 6.45) is 3.71. The molecule has 2 heterocycles. The van der Waals surface area contributed by atoms with Crippen molar-refractivity contribution in [1.29, 1.82) is 0 Å². The highest BCUT2D eigenvalue weighted by Gasteiger charge is 2.43. The van der Waals surface area contributed by atoms with Crippen molar-refractivity contribution in [3.8, 4) is 22.3 Å². The van der Waals surface area contributed by atoms with Crippen LogP contribution >= 0.6 is 15.9 Å². The Kier molecular flexibility index (Phi) is 7.01. The highest BCUT2D eigenvalue weighted by Crippen LogP contribution is 2.38. The molecule has 8 aromatic rings. The Morgan fingerprint density at radius 1 is 0.489 bits per heavy atom. The van der Waals surface area contributed by atoms with E-state index in [-0.39, 0.29) is 0 Å². The van der Waals surface area contributed by atoms with Crippen LogP contribution in [-0.4, -0.2) is 13.1 Å². The standard InChI is InChI=1S/C41H28BrNOSi/c42-32-26-30(29-13-12-24-43-28-29)25-31(27-32)36-20-10-21-37-38-22-11-23-39(41(38)44-40(36)37)45(33-14-4-1-5-15-33,34-16-6-2-7-17-34)35-18-8-3-9-19-35/h1-28H. The third-order valence-electron chi connectivity index (χ3n) is 8.75. The summed E-state index contributed by atoms with van der Waals surface area (Å²) in [5.41, 5.74) is 6.17. The molecule has 2 aromatic heterocycles. The molecule has 2 nitrogen and oxygen atoms in total. The fraction of sp³-hybridized carbons (Fsp3) is 0. The zero-order chi connectivity index (χ0) is 30.2. The molecule has 0 atom stereocenters. The van der Waals surface area contributed by atoms with Gasteiger partial charge >= 0.3 is 0 Å². The van der Waals surface area contributed by atoms with Crippen LogP contribution in [0.3, 0.4) is 0 Å². The van der Waals surface area contributed by atoms with Gasteiger partial charge in [0.1, 0.15) is 11.2 Å². The molecular formula is C41H28BrNOSi. The monoisotopic (exact) mass is 657 g/mol. The minimum atomic E-state index is -2.79. The van der Waals surface area contributed by atoms with Gasteiger partial charge in [-0.25, -0.2) is 0 Å². The molecule has 4 heteroatoms. The van der Waals surface area contributed by atoms with Gasteiger partial charge in [0.25, 0.3) is 0 Å². The Morgan fingerprint density at radius 3 is 1.67 bits per heavy atom. The van der Waals surface area contributed by atoms with Gasteiger partial charge in [0, 0.05) is 38.8 Å². The van der Waals surface area contributed by atoms with Gasteiger partial charge in [-0.2, -0.15) is 0 Å². The van der Waals surface area contributed by atoms with Gasteiger partial charge in [-0.1, -0.05) is 149 Å². The highest BCUT2D eigenvalue weighted by atomic mass is 79.9. The predicted molar refractivity (Wildman–Crippen MR) is 194 cm³/mol. The Hall–Kier alpha value is -5.03. The van der Waals surface area contributed by atoms with Crippen molar-refractivity contribution in [2.45, 2.75) is 0 Å². The Bertz CT molecular complexity index is 2170. The lowest BCUT2D eigenvalue weighted by molar-refractivity contribution is 0.672. The number of benzene rings is 6. The molecule has 214 valence electrons. The number of hydrogen-bond acceptors (Lipinski definition) is 2. The summed E-state index contributed by atoms with van der Waals surface area (Å²) < 4.78 is 8.14. The number of rotatable bonds is 6. The highest BCUT2D eigenvalue weighted by molar-refractivity contribution is 9.10. The van der Waals surface area contributed by atoms with Gasteiger partial charge in [-0.3, -0.25) is 4.98 Å². The summed E-state index contributed by atoms with van der Waals surface area (Å²) in [5.74, 6) is 0. The van der Waals surface area contributed by atoms with E-state index in [1.807, 2.05) is 12.3 Å². The lowest BCUT2D eigenvalue weighted by Crippen LogP contribution is -2.74. The van der Waals surface area contributed by atoms with Gasteiger partial charge in [0.15, 0.2) is 8.07 Å². The van der Waals surface area contributed by atoms with Gasteiger partial charge < -0.3 is 4.42 Å². The number of nitrogens with zero attached hydrogens (tertiary/aromatic N) is 1. The minimum absolute atomic E-state index is 0.896. The molecule has 6 aromatic carbocycles. The van der Waals surface area contributed by atoms with E-state index in [9.17, 15) is 0 Å². The van der Waals surface area contributed by atoms with Crippen LogP contribution in [0.2, 0.25) is 0 Å². The molecule has 0 bridgehead atoms. The third kappa shape index (κ3) is 4.65. The first-order chi connectivity index (χ1) is 22.2. The lowest BCUT2D eigenvalue weighted by Gasteiger charge is -2.34. The Morgan fingerprint density at radius 2 is 1.07 bits per heavy atom. The van der Waals surface area contributed by atoms with E-state index in [0.29, 0.717) is 0 Å². The van der Waals surface area contributed by atoms with E-state index in [0.717, 1.165) is 48.7 Å². The van der Waals surface area contributed by atoms with Crippen LogP contribution in [0, 0.1) is 0 Å². The quantitative estimate of drug-likeness (QED) is 0.132. The van der Waals surface area contributed by atoms with E-state index in [4.69, 9.17) is 4.42 Å². The number of aromatic nitrogens is 1. The van der Waals surface area contributed by atoms with Crippen LogP contribution in [0.25, 0.3) is 44.2 Å². The normalized spacial score (nSPS) is 11.7. The average molecular weight is 659 g/mol. The van der Waals surface area contributed by atoms with Crippen LogP contribution in [0.4, 0.5) is 0 Å². The van der Waals surface area contributed by atoms with E-state index < -0.39 is 8.07 Å². The molecule has 0 saturated heterocycles. The van der Waals surface area contributed by atoms with E-state index in [1.54, 1.807) is 6.20 Å². The average Bonchev–Trinajstić information content (AvgIpc) is 3.50. The molecule has 0 aliphatic heterocycles. The number of para-hydroxylation sites is 2. The fourth-order valence-corrected chi connectivity index (χ4v) is 12.2. The number of fused-ring (bicyclic) bond motifs is 3. The number of halogens is 1. The van der Waals surface area contributed by atoms with Crippen molar-refractivity contribution in [3.63, 3.8) is 0 Å². The topological polar surface area (TPSA) is 26.0 Å². The van der Waals surface area contributed by atoms with E-state index >= 15 is 0 Å². The molecule has 0 radical (unpaired) electrons. The summed E-state index contributed by atoms with van der Waals surface area (Å²) in [6.45, 7) is 0. The molecule has 0 spiro atoms. The molecule has 0 unspecified atom stereocenters. The lowest BCUT2D eigenvalue weighted by atomic mass is 9.98. The molecule has 0 aliphatic carbocycles. The van der Waals surface area contributed by atoms with E-state index in [2.05, 4.69) is 173 Å². The SMILES string of the molecule is Brc1cc(-c2cccnc2)cc(-c2cccc3c2oc2c([Si](c4ccccc4)(c4ccccc4)c4ccccc4)cccc23)c1. The number of pyridine rings is 1. The van der Waals surface area contributed by atoms with Crippen LogP contribution in [-0.2, 0) is 0 Å². The van der Waals surface area contributed by atoms with Crippen LogP contribution in [0.15, 0.2) is 179 Å².